The average molecular weight is 434 g/mol. The molecule has 0 spiro atoms. The average Bonchev–Trinajstić information content (AvgIpc) is 2.88. The number of primary sulfonamides is 1. The lowest BCUT2D eigenvalue weighted by Crippen LogP contribution is -2.47. The number of carbonyl (C=O) groups is 3. The normalized spacial score (nSPS) is 22.8. The maximum absolute atomic E-state index is 13.3. The standard InChI is InChI=1S/C21H27N3O5S/c1-6-11-23(19(27)17-20(2,3)21(17,4)5)15-12-16(25)24(18(15)26)13-7-9-14(10-8-13)30(22,28)29/h6-10,15,17H,1,11-12H2,2-5H3,(H2,22,28,29). The number of hydrogen-bond acceptors (Lipinski definition) is 5. The van der Waals surface area contributed by atoms with Crippen molar-refractivity contribution in [2.45, 2.75) is 45.1 Å². The second kappa shape index (κ2) is 7.02. The smallest absolute Gasteiger partial charge is 0.257 e. The van der Waals surface area contributed by atoms with E-state index in [0.717, 1.165) is 4.90 Å². The number of hydrogen-bond donors (Lipinski definition) is 1. The van der Waals surface area contributed by atoms with Gasteiger partial charge >= 0.3 is 0 Å². The van der Waals surface area contributed by atoms with Gasteiger partial charge in [0.2, 0.25) is 21.8 Å². The Morgan fingerprint density at radius 1 is 1.20 bits per heavy atom. The Labute approximate surface area is 176 Å². The minimum atomic E-state index is -3.89. The van der Waals surface area contributed by atoms with Crippen molar-refractivity contribution < 1.29 is 22.8 Å². The zero-order valence-corrected chi connectivity index (χ0v) is 18.4. The number of benzene rings is 1. The highest BCUT2D eigenvalue weighted by atomic mass is 32.2. The molecule has 1 aromatic carbocycles. The summed E-state index contributed by atoms with van der Waals surface area (Å²) in [5, 5.41) is 5.09. The molecule has 3 amide bonds. The highest BCUT2D eigenvalue weighted by Gasteiger charge is 2.69. The number of rotatable bonds is 6. The molecule has 1 saturated carbocycles. The molecule has 2 fully saturated rings. The van der Waals surface area contributed by atoms with E-state index in [2.05, 4.69) is 6.58 Å². The molecule has 0 radical (unpaired) electrons. The number of carbonyl (C=O) groups excluding carboxylic acids is 3. The molecule has 0 bridgehead atoms. The third-order valence-electron chi connectivity index (χ3n) is 6.80. The number of amides is 3. The van der Waals surface area contributed by atoms with Gasteiger partial charge in [0.05, 0.1) is 17.0 Å². The highest BCUT2D eigenvalue weighted by Crippen LogP contribution is 2.68. The molecule has 9 heteroatoms. The maximum atomic E-state index is 13.3. The Morgan fingerprint density at radius 3 is 2.17 bits per heavy atom. The van der Waals surface area contributed by atoms with Crippen LogP contribution in [0.2, 0.25) is 0 Å². The van der Waals surface area contributed by atoms with Crippen molar-refractivity contribution in [3.8, 4) is 0 Å². The lowest BCUT2D eigenvalue weighted by atomic mass is 10.0. The molecule has 1 atom stereocenters. The number of nitrogens with two attached hydrogens (primary N) is 1. The van der Waals surface area contributed by atoms with Crippen molar-refractivity contribution in [1.82, 2.24) is 4.90 Å². The van der Waals surface area contributed by atoms with E-state index in [1.807, 2.05) is 27.7 Å². The molecule has 30 heavy (non-hydrogen) atoms. The Bertz CT molecular complexity index is 1010. The van der Waals surface area contributed by atoms with Gasteiger partial charge in [0, 0.05) is 12.5 Å². The van der Waals surface area contributed by atoms with Gasteiger partial charge in [-0.2, -0.15) is 0 Å². The fourth-order valence-corrected chi connectivity index (χ4v) is 4.92. The van der Waals surface area contributed by atoms with Gasteiger partial charge < -0.3 is 4.90 Å². The van der Waals surface area contributed by atoms with Crippen LogP contribution >= 0.6 is 0 Å². The van der Waals surface area contributed by atoms with Crippen molar-refractivity contribution >= 4 is 33.4 Å². The molecule has 162 valence electrons. The minimum Gasteiger partial charge on any atom is -0.326 e. The lowest BCUT2D eigenvalue weighted by molar-refractivity contribution is -0.139. The summed E-state index contributed by atoms with van der Waals surface area (Å²) in [6.07, 6.45) is 1.41. The molecule has 8 nitrogen and oxygen atoms in total. The predicted octanol–water partition coefficient (Wildman–Crippen LogP) is 1.66. The first-order chi connectivity index (χ1) is 13.7. The van der Waals surface area contributed by atoms with Crippen molar-refractivity contribution in [2.75, 3.05) is 11.4 Å². The Balaban J connectivity index is 1.88. The van der Waals surface area contributed by atoms with Gasteiger partial charge in [0.15, 0.2) is 0 Å². The van der Waals surface area contributed by atoms with Gasteiger partial charge in [-0.1, -0.05) is 33.8 Å². The van der Waals surface area contributed by atoms with Crippen LogP contribution in [0.5, 0.6) is 0 Å². The zero-order valence-electron chi connectivity index (χ0n) is 17.6. The van der Waals surface area contributed by atoms with Crippen LogP contribution in [-0.4, -0.2) is 43.6 Å². The van der Waals surface area contributed by atoms with Crippen LogP contribution in [0.15, 0.2) is 41.8 Å². The van der Waals surface area contributed by atoms with E-state index in [0.29, 0.717) is 0 Å². The molecule has 0 aromatic heterocycles. The summed E-state index contributed by atoms with van der Waals surface area (Å²) in [5.74, 6) is -1.39. The van der Waals surface area contributed by atoms with Crippen molar-refractivity contribution in [3.63, 3.8) is 0 Å². The summed E-state index contributed by atoms with van der Waals surface area (Å²) in [5.41, 5.74) is -0.186. The fourth-order valence-electron chi connectivity index (χ4n) is 4.41. The molecule has 1 aliphatic carbocycles. The van der Waals surface area contributed by atoms with E-state index in [4.69, 9.17) is 5.14 Å². The Kier molecular flexibility index (Phi) is 5.19. The van der Waals surface area contributed by atoms with Gasteiger partial charge in [-0.3, -0.25) is 14.4 Å². The summed E-state index contributed by atoms with van der Waals surface area (Å²) in [7, 11) is -3.89. The van der Waals surface area contributed by atoms with E-state index in [1.54, 1.807) is 6.08 Å². The topological polar surface area (TPSA) is 118 Å². The van der Waals surface area contributed by atoms with Gasteiger partial charge in [0.25, 0.3) is 5.91 Å². The van der Waals surface area contributed by atoms with Crippen LogP contribution in [0.25, 0.3) is 0 Å². The summed E-state index contributed by atoms with van der Waals surface area (Å²) < 4.78 is 22.9. The highest BCUT2D eigenvalue weighted by molar-refractivity contribution is 7.89. The quantitative estimate of drug-likeness (QED) is 0.541. The Hall–Kier alpha value is -2.52. The molecule has 1 unspecified atom stereocenters. The number of sulfonamides is 1. The minimum absolute atomic E-state index is 0.122. The van der Waals surface area contributed by atoms with E-state index in [9.17, 15) is 22.8 Å². The zero-order chi connectivity index (χ0) is 22.6. The summed E-state index contributed by atoms with van der Waals surface area (Å²) >= 11 is 0. The van der Waals surface area contributed by atoms with E-state index in [1.165, 1.54) is 29.2 Å². The molecule has 3 rings (SSSR count). The summed E-state index contributed by atoms with van der Waals surface area (Å²) in [4.78, 5) is 41.4. The first-order valence-corrected chi connectivity index (χ1v) is 11.2. The molecule has 2 aliphatic rings. The molecule has 2 N–H and O–H groups in total. The number of anilines is 1. The van der Waals surface area contributed by atoms with Gasteiger partial charge in [-0.25, -0.2) is 18.5 Å². The second-order valence-electron chi connectivity index (χ2n) is 8.98. The first kappa shape index (κ1) is 22.2. The SMILES string of the molecule is C=CCN(C(=O)C1C(C)(C)C1(C)C)C1CC(=O)N(c2ccc(S(N)(=O)=O)cc2)C1=O. The van der Waals surface area contributed by atoms with Crippen molar-refractivity contribution in [1.29, 1.82) is 0 Å². The third-order valence-corrected chi connectivity index (χ3v) is 7.73. The monoisotopic (exact) mass is 433 g/mol. The second-order valence-corrected chi connectivity index (χ2v) is 10.5. The third kappa shape index (κ3) is 3.35. The van der Waals surface area contributed by atoms with Crippen LogP contribution in [0.4, 0.5) is 5.69 Å². The van der Waals surface area contributed by atoms with Gasteiger partial charge in [0.1, 0.15) is 6.04 Å². The van der Waals surface area contributed by atoms with E-state index >= 15 is 0 Å². The number of nitrogens with zero attached hydrogens (tertiary/aromatic N) is 2. The molecule has 1 aliphatic heterocycles. The molecule has 1 heterocycles. The van der Waals surface area contributed by atoms with Crippen LogP contribution in [0.1, 0.15) is 34.1 Å². The molecular formula is C21H27N3O5S. The number of imide groups is 1. The molecular weight excluding hydrogens is 406 g/mol. The fraction of sp³-hybridized carbons (Fsp3) is 0.476. The van der Waals surface area contributed by atoms with Crippen LogP contribution in [0.3, 0.4) is 0 Å². The lowest BCUT2D eigenvalue weighted by Gasteiger charge is -2.27. The van der Waals surface area contributed by atoms with Crippen LogP contribution in [-0.2, 0) is 24.4 Å². The molecule has 1 saturated heterocycles. The predicted molar refractivity (Wildman–Crippen MR) is 112 cm³/mol. The van der Waals surface area contributed by atoms with Crippen LogP contribution < -0.4 is 10.0 Å². The summed E-state index contributed by atoms with van der Waals surface area (Å²) in [6, 6.07) is 4.25. The largest absolute Gasteiger partial charge is 0.326 e. The van der Waals surface area contributed by atoms with Crippen LogP contribution in [0, 0.1) is 16.7 Å². The molecule has 1 aromatic rings. The Morgan fingerprint density at radius 2 is 1.73 bits per heavy atom. The van der Waals surface area contributed by atoms with Crippen molar-refractivity contribution in [2.24, 2.45) is 21.9 Å². The van der Waals surface area contributed by atoms with Crippen molar-refractivity contribution in [3.05, 3.63) is 36.9 Å². The first-order valence-electron chi connectivity index (χ1n) is 9.66. The summed E-state index contributed by atoms with van der Waals surface area (Å²) in [6.45, 7) is 11.9. The van der Waals surface area contributed by atoms with E-state index in [-0.39, 0.29) is 46.2 Å². The van der Waals surface area contributed by atoms with Gasteiger partial charge in [-0.05, 0) is 35.1 Å². The van der Waals surface area contributed by atoms with E-state index < -0.39 is 27.9 Å². The maximum Gasteiger partial charge on any atom is 0.257 e. The van der Waals surface area contributed by atoms with Gasteiger partial charge in [-0.15, -0.1) is 6.58 Å².